The minimum Gasteiger partial charge on any atom is -0.488 e. The maximum atomic E-state index is 5.96. The lowest BCUT2D eigenvalue weighted by atomic mass is 10.1. The molecule has 2 rings (SSSR count). The Morgan fingerprint density at radius 1 is 1.29 bits per heavy atom. The normalized spacial score (nSPS) is 15.5. The second-order valence-corrected chi connectivity index (χ2v) is 4.62. The minimum atomic E-state index is 0.247. The molecule has 0 saturated carbocycles. The molecule has 0 radical (unpaired) electrons. The van der Waals surface area contributed by atoms with Crippen molar-refractivity contribution < 1.29 is 4.74 Å². The van der Waals surface area contributed by atoms with Crippen LogP contribution in [0.2, 0.25) is 0 Å². The lowest BCUT2D eigenvalue weighted by Gasteiger charge is -2.15. The van der Waals surface area contributed by atoms with Crippen molar-refractivity contribution in [3.63, 3.8) is 0 Å². The summed E-state index contributed by atoms with van der Waals surface area (Å²) in [7, 11) is 3.96. The van der Waals surface area contributed by atoms with E-state index < -0.39 is 0 Å². The van der Waals surface area contributed by atoms with Crippen molar-refractivity contribution in [2.45, 2.75) is 18.9 Å². The van der Waals surface area contributed by atoms with Gasteiger partial charge in [0.15, 0.2) is 0 Å². The standard InChI is InChI=1S/C15H19NO/c1-4-14(11-16(2)3)17-15-9-12-7-5-6-8-13(12)10-15/h4-8,11,15H,1,9-10H2,2-3H3/b14-11+. The number of ether oxygens (including phenoxy) is 1. The molecule has 0 saturated heterocycles. The topological polar surface area (TPSA) is 12.5 Å². The maximum Gasteiger partial charge on any atom is 0.134 e. The van der Waals surface area contributed by atoms with Gasteiger partial charge >= 0.3 is 0 Å². The first-order valence-electron chi connectivity index (χ1n) is 5.93. The van der Waals surface area contributed by atoms with Crippen LogP contribution in [0, 0.1) is 0 Å². The average molecular weight is 229 g/mol. The van der Waals surface area contributed by atoms with E-state index in [0.29, 0.717) is 0 Å². The molecule has 2 nitrogen and oxygen atoms in total. The Hall–Kier alpha value is -1.70. The molecule has 0 aliphatic heterocycles. The Morgan fingerprint density at radius 3 is 2.35 bits per heavy atom. The number of fused-ring (bicyclic) bond motifs is 1. The van der Waals surface area contributed by atoms with Crippen LogP contribution in [0.5, 0.6) is 0 Å². The van der Waals surface area contributed by atoms with Gasteiger partial charge in [0.1, 0.15) is 11.9 Å². The molecule has 0 aromatic heterocycles. The van der Waals surface area contributed by atoms with Crippen LogP contribution in [0.4, 0.5) is 0 Å². The summed E-state index contributed by atoms with van der Waals surface area (Å²) in [4.78, 5) is 1.97. The number of allylic oxidation sites excluding steroid dienone is 1. The molecule has 0 spiro atoms. The molecule has 0 heterocycles. The molecule has 2 heteroatoms. The summed E-state index contributed by atoms with van der Waals surface area (Å²) in [5.41, 5.74) is 2.82. The molecule has 1 aromatic rings. The predicted octanol–water partition coefficient (Wildman–Crippen LogP) is 2.76. The van der Waals surface area contributed by atoms with Crippen molar-refractivity contribution in [3.05, 3.63) is 60.0 Å². The van der Waals surface area contributed by atoms with Crippen LogP contribution in [0.15, 0.2) is 48.9 Å². The smallest absolute Gasteiger partial charge is 0.134 e. The second-order valence-electron chi connectivity index (χ2n) is 4.62. The molecule has 0 N–H and O–H groups in total. The zero-order valence-electron chi connectivity index (χ0n) is 10.5. The highest BCUT2D eigenvalue weighted by Crippen LogP contribution is 2.25. The second kappa shape index (κ2) is 5.09. The predicted molar refractivity (Wildman–Crippen MR) is 70.7 cm³/mol. The fourth-order valence-corrected chi connectivity index (χ4v) is 2.18. The molecule has 1 aliphatic carbocycles. The van der Waals surface area contributed by atoms with Crippen LogP contribution in [0.3, 0.4) is 0 Å². The van der Waals surface area contributed by atoms with Gasteiger partial charge in [-0.3, -0.25) is 0 Å². The number of rotatable bonds is 4. The van der Waals surface area contributed by atoms with Gasteiger partial charge in [-0.15, -0.1) is 0 Å². The summed E-state index contributed by atoms with van der Waals surface area (Å²) in [6.45, 7) is 3.79. The van der Waals surface area contributed by atoms with Gasteiger partial charge in [0.2, 0.25) is 0 Å². The lowest BCUT2D eigenvalue weighted by molar-refractivity contribution is 0.131. The van der Waals surface area contributed by atoms with Gasteiger partial charge < -0.3 is 9.64 Å². The molecule has 1 aromatic carbocycles. The zero-order chi connectivity index (χ0) is 12.3. The number of hydrogen-bond donors (Lipinski definition) is 0. The monoisotopic (exact) mass is 229 g/mol. The highest BCUT2D eigenvalue weighted by Gasteiger charge is 2.22. The summed E-state index contributed by atoms with van der Waals surface area (Å²) >= 11 is 0. The van der Waals surface area contributed by atoms with E-state index in [1.807, 2.05) is 25.2 Å². The first-order valence-corrected chi connectivity index (χ1v) is 5.93. The molecule has 0 atom stereocenters. The van der Waals surface area contributed by atoms with Crippen LogP contribution in [-0.2, 0) is 17.6 Å². The van der Waals surface area contributed by atoms with Crippen molar-refractivity contribution in [2.75, 3.05) is 14.1 Å². The van der Waals surface area contributed by atoms with Gasteiger partial charge in [-0.25, -0.2) is 0 Å². The van der Waals surface area contributed by atoms with Gasteiger partial charge in [0.25, 0.3) is 0 Å². The third-order valence-electron chi connectivity index (χ3n) is 2.90. The quantitative estimate of drug-likeness (QED) is 0.581. The van der Waals surface area contributed by atoms with E-state index in [2.05, 4.69) is 30.8 Å². The van der Waals surface area contributed by atoms with E-state index in [0.717, 1.165) is 18.6 Å². The van der Waals surface area contributed by atoms with E-state index >= 15 is 0 Å². The lowest BCUT2D eigenvalue weighted by Crippen LogP contribution is -2.13. The molecule has 90 valence electrons. The average Bonchev–Trinajstić information content (AvgIpc) is 2.69. The number of benzene rings is 1. The van der Waals surface area contributed by atoms with Gasteiger partial charge in [-0.1, -0.05) is 30.8 Å². The highest BCUT2D eigenvalue weighted by molar-refractivity contribution is 5.33. The summed E-state index contributed by atoms with van der Waals surface area (Å²) in [6, 6.07) is 8.54. The van der Waals surface area contributed by atoms with Gasteiger partial charge in [-0.05, 0) is 17.2 Å². The van der Waals surface area contributed by atoms with Crippen LogP contribution >= 0.6 is 0 Å². The first kappa shape index (κ1) is 11.8. The Labute approximate surface area is 103 Å². The van der Waals surface area contributed by atoms with E-state index in [1.54, 1.807) is 6.08 Å². The summed E-state index contributed by atoms with van der Waals surface area (Å²) in [5, 5.41) is 0. The third kappa shape index (κ3) is 2.90. The minimum absolute atomic E-state index is 0.247. The van der Waals surface area contributed by atoms with Crippen molar-refractivity contribution in [1.29, 1.82) is 0 Å². The molecule has 0 bridgehead atoms. The zero-order valence-corrected chi connectivity index (χ0v) is 10.5. The van der Waals surface area contributed by atoms with E-state index in [1.165, 1.54) is 11.1 Å². The van der Waals surface area contributed by atoms with Gasteiger partial charge in [0, 0.05) is 33.1 Å². The molecule has 0 fully saturated rings. The van der Waals surface area contributed by atoms with Crippen molar-refractivity contribution in [1.82, 2.24) is 4.90 Å². The summed E-state index contributed by atoms with van der Waals surface area (Å²) < 4.78 is 5.96. The first-order chi connectivity index (χ1) is 8.19. The third-order valence-corrected chi connectivity index (χ3v) is 2.90. The van der Waals surface area contributed by atoms with Crippen LogP contribution in [0.25, 0.3) is 0 Å². The van der Waals surface area contributed by atoms with E-state index in [4.69, 9.17) is 4.74 Å². The largest absolute Gasteiger partial charge is 0.488 e. The Kier molecular flexibility index (Phi) is 3.52. The molecule has 1 aliphatic rings. The van der Waals surface area contributed by atoms with Gasteiger partial charge in [-0.2, -0.15) is 0 Å². The van der Waals surface area contributed by atoms with Gasteiger partial charge in [0.05, 0.1) is 0 Å². The van der Waals surface area contributed by atoms with Crippen molar-refractivity contribution in [3.8, 4) is 0 Å². The SMILES string of the molecule is C=C/C(=C\N(C)C)OC1Cc2ccccc2C1. The molecule has 0 unspecified atom stereocenters. The number of nitrogens with zero attached hydrogens (tertiary/aromatic N) is 1. The van der Waals surface area contributed by atoms with Crippen LogP contribution in [-0.4, -0.2) is 25.1 Å². The van der Waals surface area contributed by atoms with Crippen molar-refractivity contribution >= 4 is 0 Å². The molecular formula is C15H19NO. The summed E-state index contributed by atoms with van der Waals surface area (Å²) in [5.74, 6) is 0.841. The fraction of sp³-hybridized carbons (Fsp3) is 0.333. The number of hydrogen-bond acceptors (Lipinski definition) is 2. The van der Waals surface area contributed by atoms with E-state index in [9.17, 15) is 0 Å². The highest BCUT2D eigenvalue weighted by atomic mass is 16.5. The summed E-state index contributed by atoms with van der Waals surface area (Å²) in [6.07, 6.45) is 5.96. The Morgan fingerprint density at radius 2 is 1.88 bits per heavy atom. The van der Waals surface area contributed by atoms with Crippen LogP contribution in [0.1, 0.15) is 11.1 Å². The molecule has 17 heavy (non-hydrogen) atoms. The molecular weight excluding hydrogens is 210 g/mol. The van der Waals surface area contributed by atoms with Crippen LogP contribution < -0.4 is 0 Å². The molecule has 0 amide bonds. The Balaban J connectivity index is 2.02. The Bertz CT molecular complexity index is 409. The maximum absolute atomic E-state index is 5.96. The van der Waals surface area contributed by atoms with Crippen molar-refractivity contribution in [2.24, 2.45) is 0 Å². The van der Waals surface area contributed by atoms with E-state index in [-0.39, 0.29) is 6.10 Å². The fourth-order valence-electron chi connectivity index (χ4n) is 2.18.